The number of carbonyl (C=O) groups is 1. The lowest BCUT2D eigenvalue weighted by Crippen LogP contribution is -2.28. The second-order valence-electron chi connectivity index (χ2n) is 5.03. The number of halogens is 1. The lowest BCUT2D eigenvalue weighted by Gasteiger charge is -2.11. The molecule has 2 rings (SSSR count). The third-order valence-electron chi connectivity index (χ3n) is 3.36. The summed E-state index contributed by atoms with van der Waals surface area (Å²) in [5, 5.41) is 3.53. The SMILES string of the molecule is CCCCCNC(=O)Cn1ccc(=O)c2cc(Br)ccc21. The van der Waals surface area contributed by atoms with Crippen molar-refractivity contribution in [3.63, 3.8) is 0 Å². The monoisotopic (exact) mass is 350 g/mol. The molecule has 0 saturated carbocycles. The highest BCUT2D eigenvalue weighted by Crippen LogP contribution is 2.16. The van der Waals surface area contributed by atoms with E-state index in [1.807, 2.05) is 12.1 Å². The highest BCUT2D eigenvalue weighted by molar-refractivity contribution is 9.10. The number of fused-ring (bicyclic) bond motifs is 1. The highest BCUT2D eigenvalue weighted by Gasteiger charge is 2.07. The average Bonchev–Trinajstić information content (AvgIpc) is 2.47. The first-order chi connectivity index (χ1) is 10.1. The van der Waals surface area contributed by atoms with Gasteiger partial charge in [-0.1, -0.05) is 35.7 Å². The third kappa shape index (κ3) is 4.17. The average molecular weight is 351 g/mol. The van der Waals surface area contributed by atoms with Gasteiger partial charge in [-0.05, 0) is 24.6 Å². The van der Waals surface area contributed by atoms with Crippen molar-refractivity contribution in [3.8, 4) is 0 Å². The molecular weight excluding hydrogens is 332 g/mol. The van der Waals surface area contributed by atoms with Gasteiger partial charge in [0.15, 0.2) is 5.43 Å². The summed E-state index contributed by atoms with van der Waals surface area (Å²) in [4.78, 5) is 23.8. The van der Waals surface area contributed by atoms with Crippen molar-refractivity contribution in [2.75, 3.05) is 6.54 Å². The molecule has 0 aliphatic carbocycles. The number of amides is 1. The van der Waals surface area contributed by atoms with Crippen LogP contribution in [0.4, 0.5) is 0 Å². The molecule has 0 radical (unpaired) electrons. The first kappa shape index (κ1) is 15.8. The Kier molecular flexibility index (Phi) is 5.56. The van der Waals surface area contributed by atoms with Crippen LogP contribution in [-0.4, -0.2) is 17.0 Å². The van der Waals surface area contributed by atoms with E-state index in [0.717, 1.165) is 29.3 Å². The highest BCUT2D eigenvalue weighted by atomic mass is 79.9. The fourth-order valence-corrected chi connectivity index (χ4v) is 2.60. The number of carbonyl (C=O) groups excluding carboxylic acids is 1. The number of hydrogen-bond donors (Lipinski definition) is 1. The van der Waals surface area contributed by atoms with E-state index in [1.54, 1.807) is 16.8 Å². The number of nitrogens with zero attached hydrogens (tertiary/aromatic N) is 1. The van der Waals surface area contributed by atoms with Gasteiger partial charge < -0.3 is 9.88 Å². The number of hydrogen-bond acceptors (Lipinski definition) is 2. The number of rotatable bonds is 6. The molecule has 0 saturated heterocycles. The van der Waals surface area contributed by atoms with Crippen LogP contribution in [0.3, 0.4) is 0 Å². The standard InChI is InChI=1S/C16H19BrN2O2/c1-2-3-4-8-18-16(21)11-19-9-7-15(20)13-10-12(17)5-6-14(13)19/h5-7,9-10H,2-4,8,11H2,1H3,(H,18,21). The van der Waals surface area contributed by atoms with Gasteiger partial charge in [-0.2, -0.15) is 0 Å². The van der Waals surface area contributed by atoms with Crippen molar-refractivity contribution >= 4 is 32.7 Å². The smallest absolute Gasteiger partial charge is 0.239 e. The van der Waals surface area contributed by atoms with Crippen LogP contribution in [-0.2, 0) is 11.3 Å². The minimum Gasteiger partial charge on any atom is -0.355 e. The summed E-state index contributed by atoms with van der Waals surface area (Å²) in [6, 6.07) is 7.01. The largest absolute Gasteiger partial charge is 0.355 e. The Morgan fingerprint density at radius 1 is 1.29 bits per heavy atom. The van der Waals surface area contributed by atoms with Crippen molar-refractivity contribution < 1.29 is 4.79 Å². The van der Waals surface area contributed by atoms with E-state index in [4.69, 9.17) is 0 Å². The number of nitrogens with one attached hydrogen (secondary N) is 1. The molecule has 1 aromatic heterocycles. The summed E-state index contributed by atoms with van der Waals surface area (Å²) in [6.07, 6.45) is 4.93. The van der Waals surface area contributed by atoms with E-state index in [9.17, 15) is 9.59 Å². The summed E-state index contributed by atoms with van der Waals surface area (Å²) < 4.78 is 2.66. The molecule has 4 nitrogen and oxygen atoms in total. The van der Waals surface area contributed by atoms with Crippen molar-refractivity contribution in [2.24, 2.45) is 0 Å². The van der Waals surface area contributed by atoms with E-state index in [0.29, 0.717) is 11.9 Å². The van der Waals surface area contributed by atoms with Gasteiger partial charge in [0.1, 0.15) is 6.54 Å². The first-order valence-corrected chi connectivity index (χ1v) is 7.96. The molecule has 0 spiro atoms. The number of aromatic nitrogens is 1. The Balaban J connectivity index is 2.14. The zero-order valence-electron chi connectivity index (χ0n) is 12.1. The molecule has 0 atom stereocenters. The predicted molar refractivity (Wildman–Crippen MR) is 88.4 cm³/mol. The van der Waals surface area contributed by atoms with Gasteiger partial charge in [0.05, 0.1) is 5.52 Å². The minimum absolute atomic E-state index is 0.0287. The molecule has 1 N–H and O–H groups in total. The molecule has 1 heterocycles. The topological polar surface area (TPSA) is 51.1 Å². The van der Waals surface area contributed by atoms with Gasteiger partial charge in [0, 0.05) is 28.7 Å². The Hall–Kier alpha value is -1.62. The summed E-state index contributed by atoms with van der Waals surface area (Å²) in [5.41, 5.74) is 0.736. The quantitative estimate of drug-likeness (QED) is 0.814. The summed E-state index contributed by atoms with van der Waals surface area (Å²) in [7, 11) is 0. The van der Waals surface area contributed by atoms with E-state index in [1.165, 1.54) is 6.07 Å². The summed E-state index contributed by atoms with van der Waals surface area (Å²) in [6.45, 7) is 3.06. The molecule has 5 heteroatoms. The van der Waals surface area contributed by atoms with Crippen LogP contribution in [0.1, 0.15) is 26.2 Å². The fraction of sp³-hybridized carbons (Fsp3) is 0.375. The molecule has 1 amide bonds. The van der Waals surface area contributed by atoms with Crippen LogP contribution in [0.2, 0.25) is 0 Å². The molecule has 0 aliphatic heterocycles. The maximum atomic E-state index is 12.0. The van der Waals surface area contributed by atoms with Crippen LogP contribution in [0, 0.1) is 0 Å². The predicted octanol–water partition coefficient (Wildman–Crippen LogP) is 3.07. The molecule has 2 aromatic rings. The lowest BCUT2D eigenvalue weighted by atomic mass is 10.2. The van der Waals surface area contributed by atoms with Gasteiger partial charge in [0.25, 0.3) is 0 Å². The van der Waals surface area contributed by atoms with Crippen LogP contribution in [0.5, 0.6) is 0 Å². The first-order valence-electron chi connectivity index (χ1n) is 7.17. The molecule has 21 heavy (non-hydrogen) atoms. The minimum atomic E-state index is -0.0362. The molecule has 0 aliphatic rings. The van der Waals surface area contributed by atoms with E-state index < -0.39 is 0 Å². The zero-order valence-corrected chi connectivity index (χ0v) is 13.6. The van der Waals surface area contributed by atoms with E-state index in [-0.39, 0.29) is 17.9 Å². The maximum absolute atomic E-state index is 12.0. The molecule has 112 valence electrons. The van der Waals surface area contributed by atoms with Crippen molar-refractivity contribution in [1.29, 1.82) is 0 Å². The van der Waals surface area contributed by atoms with Crippen LogP contribution >= 0.6 is 15.9 Å². The summed E-state index contributed by atoms with van der Waals surface area (Å²) >= 11 is 3.36. The van der Waals surface area contributed by atoms with Crippen molar-refractivity contribution in [1.82, 2.24) is 9.88 Å². The molecule has 0 unspecified atom stereocenters. The van der Waals surface area contributed by atoms with Crippen molar-refractivity contribution in [3.05, 3.63) is 45.2 Å². The maximum Gasteiger partial charge on any atom is 0.239 e. The second kappa shape index (κ2) is 7.41. The van der Waals surface area contributed by atoms with Crippen LogP contribution in [0.15, 0.2) is 39.7 Å². The van der Waals surface area contributed by atoms with Gasteiger partial charge in [-0.25, -0.2) is 0 Å². The number of benzene rings is 1. The van der Waals surface area contributed by atoms with Gasteiger partial charge in [-0.15, -0.1) is 0 Å². The Labute approximate surface area is 132 Å². The second-order valence-corrected chi connectivity index (χ2v) is 5.94. The fourth-order valence-electron chi connectivity index (χ4n) is 2.24. The van der Waals surface area contributed by atoms with Gasteiger partial charge in [0.2, 0.25) is 5.91 Å². The molecular formula is C16H19BrN2O2. The van der Waals surface area contributed by atoms with Crippen LogP contribution in [0.25, 0.3) is 10.9 Å². The molecule has 0 bridgehead atoms. The lowest BCUT2D eigenvalue weighted by molar-refractivity contribution is -0.121. The summed E-state index contributed by atoms with van der Waals surface area (Å²) in [5.74, 6) is -0.0287. The number of pyridine rings is 1. The third-order valence-corrected chi connectivity index (χ3v) is 3.85. The Morgan fingerprint density at radius 2 is 2.10 bits per heavy atom. The van der Waals surface area contributed by atoms with E-state index >= 15 is 0 Å². The number of unbranched alkanes of at least 4 members (excludes halogenated alkanes) is 2. The molecule has 0 fully saturated rings. The Bertz CT molecular complexity index is 694. The van der Waals surface area contributed by atoms with Crippen molar-refractivity contribution in [2.45, 2.75) is 32.7 Å². The Morgan fingerprint density at radius 3 is 2.86 bits per heavy atom. The van der Waals surface area contributed by atoms with Gasteiger partial charge in [-0.3, -0.25) is 9.59 Å². The molecule has 1 aromatic carbocycles. The van der Waals surface area contributed by atoms with Crippen LogP contribution < -0.4 is 10.7 Å². The van der Waals surface area contributed by atoms with Gasteiger partial charge >= 0.3 is 0 Å². The zero-order chi connectivity index (χ0) is 15.2. The van der Waals surface area contributed by atoms with E-state index in [2.05, 4.69) is 28.2 Å². The normalized spacial score (nSPS) is 10.8.